The van der Waals surface area contributed by atoms with Gasteiger partial charge in [0.15, 0.2) is 0 Å². The molecule has 0 unspecified atom stereocenters. The summed E-state index contributed by atoms with van der Waals surface area (Å²) in [5.74, 6) is -1.05. The number of aromatic nitrogens is 2. The van der Waals surface area contributed by atoms with Crippen molar-refractivity contribution in [3.63, 3.8) is 0 Å². The summed E-state index contributed by atoms with van der Waals surface area (Å²) < 4.78 is 13.9. The summed E-state index contributed by atoms with van der Waals surface area (Å²) in [6, 6.07) is 19.1. The number of nitrogens with zero attached hydrogens (tertiary/aromatic N) is 4. The minimum Gasteiger partial charge on any atom is -0.382 e. The molecule has 0 spiro atoms. The number of pyridine rings is 2. The molecule has 168 valence electrons. The highest BCUT2D eigenvalue weighted by Crippen LogP contribution is 2.32. The topological polar surface area (TPSA) is 81.9 Å². The van der Waals surface area contributed by atoms with E-state index in [4.69, 9.17) is 0 Å². The number of nitrogens with one attached hydrogen (secondary N) is 1. The lowest BCUT2D eigenvalue weighted by Gasteiger charge is -2.33. The maximum atomic E-state index is 13.9. The Kier molecular flexibility index (Phi) is 5.88. The Labute approximate surface area is 196 Å². The fraction of sp³-hybridized carbons (Fsp3) is 0.185. The van der Waals surface area contributed by atoms with Gasteiger partial charge in [-0.2, -0.15) is 9.65 Å². The molecule has 0 aliphatic carbocycles. The lowest BCUT2D eigenvalue weighted by molar-refractivity contribution is 0.0712. The Morgan fingerprint density at radius 3 is 2.71 bits per heavy atom. The summed E-state index contributed by atoms with van der Waals surface area (Å²) >= 11 is 0. The number of anilines is 1. The van der Waals surface area contributed by atoms with Crippen molar-refractivity contribution in [2.75, 3.05) is 18.4 Å². The van der Waals surface area contributed by atoms with Gasteiger partial charge >= 0.3 is 0 Å². The molecular weight excluding hydrogens is 429 g/mol. The van der Waals surface area contributed by atoms with E-state index >= 15 is 0 Å². The van der Waals surface area contributed by atoms with E-state index in [-0.39, 0.29) is 17.5 Å². The molecule has 1 amide bonds. The Balaban J connectivity index is 1.36. The SMILES string of the molecule is N#Cc1cccc(-c2cc(NC3CCN(C(=O)c4cccnc4F)CC3)c3cnccc3c2)c1. The first-order valence-electron chi connectivity index (χ1n) is 11.2. The number of carbonyl (C=O) groups is 1. The number of hydrogen-bond acceptors (Lipinski definition) is 5. The van der Waals surface area contributed by atoms with E-state index in [9.17, 15) is 14.4 Å². The number of fused-ring (bicyclic) bond motifs is 1. The smallest absolute Gasteiger partial charge is 0.258 e. The van der Waals surface area contributed by atoms with Crippen LogP contribution >= 0.6 is 0 Å². The van der Waals surface area contributed by atoms with Gasteiger partial charge in [0.25, 0.3) is 5.91 Å². The van der Waals surface area contributed by atoms with E-state index in [1.807, 2.05) is 30.5 Å². The highest BCUT2D eigenvalue weighted by Gasteiger charge is 2.26. The summed E-state index contributed by atoms with van der Waals surface area (Å²) in [6.45, 7) is 1.07. The average Bonchev–Trinajstić information content (AvgIpc) is 2.89. The van der Waals surface area contributed by atoms with E-state index in [2.05, 4.69) is 33.5 Å². The molecule has 34 heavy (non-hydrogen) atoms. The number of hydrogen-bond donors (Lipinski definition) is 1. The highest BCUT2D eigenvalue weighted by molar-refractivity contribution is 5.97. The first-order valence-corrected chi connectivity index (χ1v) is 11.2. The third-order valence-corrected chi connectivity index (χ3v) is 6.21. The first-order chi connectivity index (χ1) is 16.6. The zero-order valence-corrected chi connectivity index (χ0v) is 18.4. The number of halogens is 1. The molecule has 1 aliphatic heterocycles. The van der Waals surface area contributed by atoms with Crippen molar-refractivity contribution in [1.29, 1.82) is 5.26 Å². The third-order valence-electron chi connectivity index (χ3n) is 6.21. The first kappa shape index (κ1) is 21.5. The van der Waals surface area contributed by atoms with E-state index < -0.39 is 5.95 Å². The molecule has 6 nitrogen and oxygen atoms in total. The van der Waals surface area contributed by atoms with Gasteiger partial charge in [-0.1, -0.05) is 12.1 Å². The average molecular weight is 452 g/mol. The Morgan fingerprint density at radius 1 is 1.06 bits per heavy atom. The van der Waals surface area contributed by atoms with Crippen molar-refractivity contribution in [3.8, 4) is 17.2 Å². The minimum absolute atomic E-state index is 0.0123. The molecule has 0 atom stereocenters. The van der Waals surface area contributed by atoms with Crippen LogP contribution in [0.1, 0.15) is 28.8 Å². The van der Waals surface area contributed by atoms with Crippen LogP contribution in [-0.4, -0.2) is 39.9 Å². The van der Waals surface area contributed by atoms with Crippen molar-refractivity contribution in [3.05, 3.63) is 90.3 Å². The number of likely N-dealkylation sites (tertiary alicyclic amines) is 1. The normalized spacial score (nSPS) is 14.1. The van der Waals surface area contributed by atoms with Crippen molar-refractivity contribution >= 4 is 22.4 Å². The molecule has 1 aliphatic rings. The number of benzene rings is 2. The van der Waals surface area contributed by atoms with Gasteiger partial charge in [0.2, 0.25) is 5.95 Å². The van der Waals surface area contributed by atoms with Crippen molar-refractivity contribution < 1.29 is 9.18 Å². The molecule has 1 N–H and O–H groups in total. The summed E-state index contributed by atoms with van der Waals surface area (Å²) in [4.78, 5) is 22.3. The van der Waals surface area contributed by atoms with Gasteiger partial charge in [-0.05, 0) is 71.8 Å². The minimum atomic E-state index is -0.732. The fourth-order valence-corrected chi connectivity index (χ4v) is 4.42. The van der Waals surface area contributed by atoms with Crippen molar-refractivity contribution in [1.82, 2.24) is 14.9 Å². The van der Waals surface area contributed by atoms with Crippen LogP contribution in [0.15, 0.2) is 73.2 Å². The van der Waals surface area contributed by atoms with Crippen LogP contribution in [-0.2, 0) is 0 Å². The van der Waals surface area contributed by atoms with Crippen molar-refractivity contribution in [2.45, 2.75) is 18.9 Å². The molecule has 4 aromatic rings. The van der Waals surface area contributed by atoms with E-state index in [0.717, 1.165) is 40.4 Å². The summed E-state index contributed by atoms with van der Waals surface area (Å²) in [5.41, 5.74) is 3.57. The van der Waals surface area contributed by atoms with Gasteiger partial charge in [0.05, 0.1) is 17.2 Å². The maximum Gasteiger partial charge on any atom is 0.258 e. The van der Waals surface area contributed by atoms with Gasteiger partial charge in [-0.15, -0.1) is 0 Å². The lowest BCUT2D eigenvalue weighted by Crippen LogP contribution is -2.42. The lowest BCUT2D eigenvalue weighted by atomic mass is 9.98. The number of nitriles is 1. The van der Waals surface area contributed by atoms with Gasteiger partial charge in [-0.3, -0.25) is 9.78 Å². The Bertz CT molecular complexity index is 1410. The van der Waals surface area contributed by atoms with Crippen LogP contribution in [0.2, 0.25) is 0 Å². The summed E-state index contributed by atoms with van der Waals surface area (Å²) in [7, 11) is 0. The molecule has 1 saturated heterocycles. The molecule has 3 heterocycles. The Hall–Kier alpha value is -4.31. The number of carbonyl (C=O) groups excluding carboxylic acids is 1. The van der Waals surface area contributed by atoms with Crippen LogP contribution < -0.4 is 5.32 Å². The predicted molar refractivity (Wildman–Crippen MR) is 129 cm³/mol. The van der Waals surface area contributed by atoms with Crippen LogP contribution in [0.25, 0.3) is 21.9 Å². The molecular formula is C27H22FN5O. The van der Waals surface area contributed by atoms with Crippen molar-refractivity contribution in [2.24, 2.45) is 0 Å². The van der Waals surface area contributed by atoms with E-state index in [1.54, 1.807) is 23.2 Å². The molecule has 7 heteroatoms. The second-order valence-electron chi connectivity index (χ2n) is 8.37. The zero-order chi connectivity index (χ0) is 23.5. The standard InChI is InChI=1S/C27H22FN5O/c28-26-23(5-2-9-31-26)27(34)33-11-7-22(8-12-33)32-25-15-21(14-20-6-10-30-17-24(20)25)19-4-1-3-18(13-19)16-29/h1-6,9-10,13-15,17,22,32H,7-8,11-12H2. The third kappa shape index (κ3) is 4.30. The highest BCUT2D eigenvalue weighted by atomic mass is 19.1. The fourth-order valence-electron chi connectivity index (χ4n) is 4.42. The second kappa shape index (κ2) is 9.28. The van der Waals surface area contributed by atoms with E-state index in [1.165, 1.54) is 12.3 Å². The molecule has 2 aromatic heterocycles. The second-order valence-corrected chi connectivity index (χ2v) is 8.37. The summed E-state index contributed by atoms with van der Waals surface area (Å²) in [5, 5.41) is 15.0. The summed E-state index contributed by atoms with van der Waals surface area (Å²) in [6.07, 6.45) is 6.43. The quantitative estimate of drug-likeness (QED) is 0.441. The predicted octanol–water partition coefficient (Wildman–Crippen LogP) is 5.02. The number of piperidine rings is 1. The molecule has 0 radical (unpaired) electrons. The maximum absolute atomic E-state index is 13.9. The zero-order valence-electron chi connectivity index (χ0n) is 18.4. The van der Waals surface area contributed by atoms with Crippen LogP contribution in [0.3, 0.4) is 0 Å². The van der Waals surface area contributed by atoms with Crippen LogP contribution in [0.4, 0.5) is 10.1 Å². The van der Waals surface area contributed by atoms with Gasteiger partial charge in [-0.25, -0.2) is 4.98 Å². The van der Waals surface area contributed by atoms with Crippen LogP contribution in [0, 0.1) is 17.3 Å². The molecule has 1 fully saturated rings. The largest absolute Gasteiger partial charge is 0.382 e. The van der Waals surface area contributed by atoms with Gasteiger partial charge in [0.1, 0.15) is 0 Å². The van der Waals surface area contributed by atoms with Crippen LogP contribution in [0.5, 0.6) is 0 Å². The molecule has 5 rings (SSSR count). The monoisotopic (exact) mass is 451 g/mol. The Morgan fingerprint density at radius 2 is 1.91 bits per heavy atom. The van der Waals surface area contributed by atoms with E-state index in [0.29, 0.717) is 18.7 Å². The molecule has 2 aromatic carbocycles. The number of amides is 1. The molecule has 0 bridgehead atoms. The van der Waals surface area contributed by atoms with Gasteiger partial charge in [0, 0.05) is 48.8 Å². The van der Waals surface area contributed by atoms with Gasteiger partial charge < -0.3 is 10.2 Å². The number of rotatable bonds is 4. The molecule has 0 saturated carbocycles.